The van der Waals surface area contributed by atoms with E-state index < -0.39 is 16.9 Å². The van der Waals surface area contributed by atoms with E-state index in [-0.39, 0.29) is 10.9 Å². The van der Waals surface area contributed by atoms with Crippen molar-refractivity contribution in [3.05, 3.63) is 34.7 Å². The third-order valence-electron chi connectivity index (χ3n) is 1.84. The van der Waals surface area contributed by atoms with Gasteiger partial charge in [0.05, 0.1) is 5.56 Å². The standard InChI is InChI=1S/C9H4F2O2S/c10-7-5-2-1-4(9(12)13)3-6(5)14-8(7)11/h1-3H,(H,12,13). The maximum absolute atomic E-state index is 13.0. The molecule has 0 aliphatic rings. The molecule has 1 aromatic heterocycles. The Morgan fingerprint density at radius 3 is 2.71 bits per heavy atom. The van der Waals surface area contributed by atoms with Crippen LogP contribution in [0.25, 0.3) is 10.1 Å². The highest BCUT2D eigenvalue weighted by Crippen LogP contribution is 2.29. The van der Waals surface area contributed by atoms with E-state index in [1.165, 1.54) is 18.2 Å². The molecule has 0 aliphatic heterocycles. The van der Waals surface area contributed by atoms with Crippen molar-refractivity contribution in [1.29, 1.82) is 0 Å². The number of hydrogen-bond donors (Lipinski definition) is 1. The number of benzene rings is 1. The summed E-state index contributed by atoms with van der Waals surface area (Å²) in [4.78, 5) is 10.6. The lowest BCUT2D eigenvalue weighted by Crippen LogP contribution is -1.94. The topological polar surface area (TPSA) is 37.3 Å². The first-order valence-corrected chi connectivity index (χ1v) is 4.52. The molecule has 0 radical (unpaired) electrons. The molecule has 5 heteroatoms. The Morgan fingerprint density at radius 1 is 1.36 bits per heavy atom. The third-order valence-corrected chi connectivity index (χ3v) is 2.75. The first kappa shape index (κ1) is 9.08. The molecule has 1 N–H and O–H groups in total. The van der Waals surface area contributed by atoms with Crippen molar-refractivity contribution < 1.29 is 18.7 Å². The molecule has 0 spiro atoms. The van der Waals surface area contributed by atoms with Crippen molar-refractivity contribution in [1.82, 2.24) is 0 Å². The fourth-order valence-corrected chi connectivity index (χ4v) is 2.01. The first-order chi connectivity index (χ1) is 6.59. The Bertz CT molecular complexity index is 519. The lowest BCUT2D eigenvalue weighted by molar-refractivity contribution is 0.0697. The molecule has 2 rings (SSSR count). The summed E-state index contributed by atoms with van der Waals surface area (Å²) >= 11 is 0.605. The van der Waals surface area contributed by atoms with E-state index in [4.69, 9.17) is 5.11 Å². The molecule has 1 heterocycles. The summed E-state index contributed by atoms with van der Waals surface area (Å²) in [5, 5.41) is 7.85. The van der Waals surface area contributed by atoms with E-state index in [1.54, 1.807) is 0 Å². The summed E-state index contributed by atoms with van der Waals surface area (Å²) in [6.07, 6.45) is 0. The largest absolute Gasteiger partial charge is 0.478 e. The number of carbonyl (C=O) groups is 1. The van der Waals surface area contributed by atoms with Crippen molar-refractivity contribution in [2.24, 2.45) is 0 Å². The monoisotopic (exact) mass is 214 g/mol. The average molecular weight is 214 g/mol. The Labute approximate surface area is 81.4 Å². The Kier molecular flexibility index (Phi) is 1.96. The summed E-state index contributed by atoms with van der Waals surface area (Å²) in [5.74, 6) is -2.02. The molecule has 0 unspecified atom stereocenters. The highest BCUT2D eigenvalue weighted by molar-refractivity contribution is 7.17. The molecule has 14 heavy (non-hydrogen) atoms. The van der Waals surface area contributed by atoms with Gasteiger partial charge >= 0.3 is 5.97 Å². The molecule has 1 aromatic carbocycles. The van der Waals surface area contributed by atoms with Crippen LogP contribution in [0.4, 0.5) is 8.78 Å². The van der Waals surface area contributed by atoms with Crippen LogP contribution in [0.15, 0.2) is 18.2 Å². The fraction of sp³-hybridized carbons (Fsp3) is 0. The van der Waals surface area contributed by atoms with Gasteiger partial charge < -0.3 is 5.11 Å². The summed E-state index contributed by atoms with van der Waals surface area (Å²) in [5.41, 5.74) is 0.0266. The SMILES string of the molecule is O=C(O)c1ccc2c(F)c(F)sc2c1. The van der Waals surface area contributed by atoms with Gasteiger partial charge in [0.15, 0.2) is 5.82 Å². The second kappa shape index (κ2) is 3.02. The smallest absolute Gasteiger partial charge is 0.335 e. The summed E-state index contributed by atoms with van der Waals surface area (Å²) in [6, 6.07) is 3.78. The van der Waals surface area contributed by atoms with Crippen molar-refractivity contribution in [2.45, 2.75) is 0 Å². The summed E-state index contributed by atoms with van der Waals surface area (Å²) < 4.78 is 26.0. The van der Waals surface area contributed by atoms with Gasteiger partial charge in [-0.3, -0.25) is 0 Å². The number of hydrogen-bond acceptors (Lipinski definition) is 2. The van der Waals surface area contributed by atoms with Crippen LogP contribution in [0.2, 0.25) is 0 Å². The Morgan fingerprint density at radius 2 is 2.07 bits per heavy atom. The normalized spacial score (nSPS) is 10.7. The van der Waals surface area contributed by atoms with E-state index in [9.17, 15) is 13.6 Å². The van der Waals surface area contributed by atoms with E-state index in [0.717, 1.165) is 0 Å². The maximum Gasteiger partial charge on any atom is 0.335 e. The molecular formula is C9H4F2O2S. The van der Waals surface area contributed by atoms with Crippen LogP contribution >= 0.6 is 11.3 Å². The number of carboxylic acids is 1. The summed E-state index contributed by atoms with van der Waals surface area (Å²) in [6.45, 7) is 0. The second-order valence-electron chi connectivity index (χ2n) is 2.71. The molecule has 0 fully saturated rings. The Balaban J connectivity index is 2.73. The summed E-state index contributed by atoms with van der Waals surface area (Å²) in [7, 11) is 0. The number of carboxylic acid groups (broad SMARTS) is 1. The van der Waals surface area contributed by atoms with Gasteiger partial charge in [-0.2, -0.15) is 4.39 Å². The number of rotatable bonds is 1. The van der Waals surface area contributed by atoms with Crippen LogP contribution in [0.1, 0.15) is 10.4 Å². The zero-order valence-electron chi connectivity index (χ0n) is 6.75. The minimum Gasteiger partial charge on any atom is -0.478 e. The first-order valence-electron chi connectivity index (χ1n) is 3.70. The van der Waals surface area contributed by atoms with Gasteiger partial charge in [0.25, 0.3) is 0 Å². The van der Waals surface area contributed by atoms with Crippen molar-refractivity contribution in [3.63, 3.8) is 0 Å². The molecule has 0 saturated heterocycles. The lowest BCUT2D eigenvalue weighted by atomic mass is 10.2. The number of aromatic carboxylic acids is 1. The van der Waals surface area contributed by atoms with Crippen LogP contribution in [0, 0.1) is 10.9 Å². The van der Waals surface area contributed by atoms with Crippen LogP contribution in [-0.2, 0) is 0 Å². The number of thiophene rings is 1. The molecule has 0 atom stereocenters. The van der Waals surface area contributed by atoms with Crippen LogP contribution in [0.3, 0.4) is 0 Å². The molecule has 72 valence electrons. The van der Waals surface area contributed by atoms with E-state index >= 15 is 0 Å². The third kappa shape index (κ3) is 1.26. The molecule has 2 nitrogen and oxygen atoms in total. The molecule has 0 saturated carbocycles. The highest BCUT2D eigenvalue weighted by atomic mass is 32.1. The number of halogens is 2. The van der Waals surface area contributed by atoms with E-state index in [1.807, 2.05) is 0 Å². The quantitative estimate of drug-likeness (QED) is 0.792. The zero-order chi connectivity index (χ0) is 10.3. The van der Waals surface area contributed by atoms with Gasteiger partial charge in [-0.05, 0) is 18.2 Å². The minimum absolute atomic E-state index is 0.0266. The van der Waals surface area contributed by atoms with Gasteiger partial charge in [0.2, 0.25) is 5.13 Å². The van der Waals surface area contributed by atoms with Gasteiger partial charge in [-0.25, -0.2) is 9.18 Å². The molecule has 0 amide bonds. The zero-order valence-corrected chi connectivity index (χ0v) is 7.57. The van der Waals surface area contributed by atoms with Gasteiger partial charge in [-0.15, -0.1) is 11.3 Å². The minimum atomic E-state index is -1.11. The van der Waals surface area contributed by atoms with Crippen LogP contribution in [-0.4, -0.2) is 11.1 Å². The second-order valence-corrected chi connectivity index (χ2v) is 3.71. The maximum atomic E-state index is 13.0. The molecule has 0 aliphatic carbocycles. The van der Waals surface area contributed by atoms with Crippen molar-refractivity contribution >= 4 is 27.4 Å². The van der Waals surface area contributed by atoms with Crippen LogP contribution < -0.4 is 0 Å². The van der Waals surface area contributed by atoms with E-state index in [2.05, 4.69) is 0 Å². The average Bonchev–Trinajstić information content (AvgIpc) is 2.42. The van der Waals surface area contributed by atoms with E-state index in [0.29, 0.717) is 16.0 Å². The van der Waals surface area contributed by atoms with Crippen LogP contribution in [0.5, 0.6) is 0 Å². The predicted molar refractivity (Wildman–Crippen MR) is 48.7 cm³/mol. The fourth-order valence-electron chi connectivity index (χ4n) is 1.17. The van der Waals surface area contributed by atoms with Gasteiger partial charge in [0.1, 0.15) is 0 Å². The molecule has 2 aromatic rings. The van der Waals surface area contributed by atoms with Gasteiger partial charge in [0, 0.05) is 10.1 Å². The lowest BCUT2D eigenvalue weighted by Gasteiger charge is -1.93. The number of fused-ring (bicyclic) bond motifs is 1. The Hall–Kier alpha value is -1.49. The van der Waals surface area contributed by atoms with Gasteiger partial charge in [-0.1, -0.05) is 0 Å². The van der Waals surface area contributed by atoms with Crippen molar-refractivity contribution in [2.75, 3.05) is 0 Å². The molecular weight excluding hydrogens is 210 g/mol. The molecule has 0 bridgehead atoms. The highest BCUT2D eigenvalue weighted by Gasteiger charge is 2.13. The predicted octanol–water partition coefficient (Wildman–Crippen LogP) is 2.88. The van der Waals surface area contributed by atoms with Crippen molar-refractivity contribution in [3.8, 4) is 0 Å².